The number of aromatic nitrogens is 1. The number of carboxylic acids is 1. The first-order chi connectivity index (χ1) is 8.90. The second-order valence-corrected chi connectivity index (χ2v) is 4.53. The number of aromatic hydroxyl groups is 1. The molecular weight excluding hydrogens is 321 g/mol. The first kappa shape index (κ1) is 13.3. The standard InChI is InChI=1S/C12H7BrFNO4/c13-8-2-1-6(14)3-9(8)15-10(12(18)19)4-7(16)5-11(15)17/h1-5,16H,(H,18,19). The Hall–Kier alpha value is -2.15. The van der Waals surface area contributed by atoms with Gasteiger partial charge < -0.3 is 10.2 Å². The maximum Gasteiger partial charge on any atom is 0.353 e. The molecule has 0 saturated heterocycles. The van der Waals surface area contributed by atoms with Crippen LogP contribution in [-0.4, -0.2) is 20.7 Å². The molecule has 0 unspecified atom stereocenters. The van der Waals surface area contributed by atoms with Gasteiger partial charge in [0, 0.05) is 16.6 Å². The van der Waals surface area contributed by atoms with Crippen molar-refractivity contribution in [1.82, 2.24) is 4.57 Å². The number of carboxylic acid groups (broad SMARTS) is 1. The Morgan fingerprint density at radius 2 is 1.95 bits per heavy atom. The van der Waals surface area contributed by atoms with E-state index in [1.165, 1.54) is 12.1 Å². The molecule has 0 aliphatic heterocycles. The normalized spacial score (nSPS) is 10.4. The van der Waals surface area contributed by atoms with Gasteiger partial charge in [0.25, 0.3) is 5.56 Å². The second-order valence-electron chi connectivity index (χ2n) is 3.67. The molecule has 7 heteroatoms. The predicted octanol–water partition coefficient (Wildman–Crippen LogP) is 2.14. The summed E-state index contributed by atoms with van der Waals surface area (Å²) >= 11 is 3.12. The Morgan fingerprint density at radius 3 is 2.58 bits per heavy atom. The van der Waals surface area contributed by atoms with Crippen molar-refractivity contribution in [3.05, 3.63) is 56.7 Å². The van der Waals surface area contributed by atoms with Crippen LogP contribution >= 0.6 is 15.9 Å². The summed E-state index contributed by atoms with van der Waals surface area (Å²) in [4.78, 5) is 22.9. The summed E-state index contributed by atoms with van der Waals surface area (Å²) < 4.78 is 14.4. The molecular formula is C12H7BrFNO4. The lowest BCUT2D eigenvalue weighted by Gasteiger charge is -2.12. The van der Waals surface area contributed by atoms with E-state index in [9.17, 15) is 19.1 Å². The topological polar surface area (TPSA) is 79.5 Å². The van der Waals surface area contributed by atoms with Gasteiger partial charge in [-0.2, -0.15) is 0 Å². The van der Waals surface area contributed by atoms with Gasteiger partial charge in [-0.25, -0.2) is 9.18 Å². The molecule has 98 valence electrons. The minimum absolute atomic E-state index is 0.0439. The summed E-state index contributed by atoms with van der Waals surface area (Å²) in [5.74, 6) is -2.50. The SMILES string of the molecule is O=C(O)c1cc(O)cc(=O)n1-c1cc(F)ccc1Br. The van der Waals surface area contributed by atoms with Gasteiger partial charge >= 0.3 is 5.97 Å². The van der Waals surface area contributed by atoms with Crippen LogP contribution in [0.15, 0.2) is 39.6 Å². The predicted molar refractivity (Wildman–Crippen MR) is 68.3 cm³/mol. The van der Waals surface area contributed by atoms with Crippen LogP contribution in [0.3, 0.4) is 0 Å². The number of aromatic carboxylic acids is 1. The molecule has 19 heavy (non-hydrogen) atoms. The molecule has 2 N–H and O–H groups in total. The van der Waals surface area contributed by atoms with Gasteiger partial charge in [0.15, 0.2) is 0 Å². The van der Waals surface area contributed by atoms with E-state index in [1.807, 2.05) is 0 Å². The molecule has 1 aromatic carbocycles. The number of hydrogen-bond donors (Lipinski definition) is 2. The van der Waals surface area contributed by atoms with E-state index in [4.69, 9.17) is 5.11 Å². The highest BCUT2D eigenvalue weighted by molar-refractivity contribution is 9.10. The van der Waals surface area contributed by atoms with Gasteiger partial charge in [-0.1, -0.05) is 0 Å². The number of carbonyl (C=O) groups is 1. The van der Waals surface area contributed by atoms with E-state index in [1.54, 1.807) is 0 Å². The van der Waals surface area contributed by atoms with E-state index in [0.717, 1.165) is 22.8 Å². The molecule has 1 aromatic heterocycles. The monoisotopic (exact) mass is 327 g/mol. The fraction of sp³-hybridized carbons (Fsp3) is 0. The number of nitrogens with zero attached hydrogens (tertiary/aromatic N) is 1. The van der Waals surface area contributed by atoms with E-state index in [0.29, 0.717) is 4.47 Å². The highest BCUT2D eigenvalue weighted by Crippen LogP contribution is 2.23. The highest BCUT2D eigenvalue weighted by Gasteiger charge is 2.16. The van der Waals surface area contributed by atoms with Gasteiger partial charge in [0.2, 0.25) is 0 Å². The van der Waals surface area contributed by atoms with Crippen molar-refractivity contribution in [2.75, 3.05) is 0 Å². The van der Waals surface area contributed by atoms with E-state index < -0.39 is 28.8 Å². The molecule has 2 rings (SSSR count). The number of pyridine rings is 1. The second kappa shape index (κ2) is 4.85. The first-order valence-electron chi connectivity index (χ1n) is 5.05. The Labute approximate surface area is 114 Å². The molecule has 1 heterocycles. The van der Waals surface area contributed by atoms with Crippen molar-refractivity contribution < 1.29 is 19.4 Å². The molecule has 2 aromatic rings. The van der Waals surface area contributed by atoms with Gasteiger partial charge in [-0.3, -0.25) is 9.36 Å². The molecule has 0 amide bonds. The molecule has 0 bridgehead atoms. The van der Waals surface area contributed by atoms with Crippen molar-refractivity contribution >= 4 is 21.9 Å². The molecule has 5 nitrogen and oxygen atoms in total. The van der Waals surface area contributed by atoms with Crippen LogP contribution in [0.2, 0.25) is 0 Å². The lowest BCUT2D eigenvalue weighted by atomic mass is 10.2. The van der Waals surface area contributed by atoms with Crippen molar-refractivity contribution in [2.24, 2.45) is 0 Å². The maximum absolute atomic E-state index is 13.2. The zero-order chi connectivity index (χ0) is 14.2. The molecule has 0 atom stereocenters. The summed E-state index contributed by atoms with van der Waals surface area (Å²) in [7, 11) is 0. The van der Waals surface area contributed by atoms with Gasteiger partial charge in [-0.05, 0) is 34.1 Å². The average Bonchev–Trinajstić information content (AvgIpc) is 2.32. The molecule has 0 radical (unpaired) electrons. The summed E-state index contributed by atoms with van der Waals surface area (Å²) in [6.07, 6.45) is 0. The summed E-state index contributed by atoms with van der Waals surface area (Å²) in [6.45, 7) is 0. The highest BCUT2D eigenvalue weighted by atomic mass is 79.9. The molecule has 0 saturated carbocycles. The fourth-order valence-corrected chi connectivity index (χ4v) is 2.04. The van der Waals surface area contributed by atoms with Crippen LogP contribution in [0.5, 0.6) is 5.75 Å². The third-order valence-electron chi connectivity index (χ3n) is 2.39. The average molecular weight is 328 g/mol. The number of halogens is 2. The smallest absolute Gasteiger partial charge is 0.353 e. The zero-order valence-corrected chi connectivity index (χ0v) is 10.9. The molecule has 0 spiro atoms. The van der Waals surface area contributed by atoms with E-state index in [2.05, 4.69) is 15.9 Å². The molecule has 0 aliphatic carbocycles. The third-order valence-corrected chi connectivity index (χ3v) is 3.06. The molecule has 0 fully saturated rings. The Bertz CT molecular complexity index is 726. The number of rotatable bonds is 2. The minimum Gasteiger partial charge on any atom is -0.508 e. The number of benzene rings is 1. The Balaban J connectivity index is 2.85. The lowest BCUT2D eigenvalue weighted by molar-refractivity contribution is 0.0686. The van der Waals surface area contributed by atoms with E-state index in [-0.39, 0.29) is 5.69 Å². The van der Waals surface area contributed by atoms with E-state index >= 15 is 0 Å². The van der Waals surface area contributed by atoms with Crippen LogP contribution in [0.1, 0.15) is 10.5 Å². The first-order valence-corrected chi connectivity index (χ1v) is 5.84. The van der Waals surface area contributed by atoms with Gasteiger partial charge in [-0.15, -0.1) is 0 Å². The van der Waals surface area contributed by atoms with Crippen LogP contribution in [0.25, 0.3) is 5.69 Å². The van der Waals surface area contributed by atoms with Crippen molar-refractivity contribution in [1.29, 1.82) is 0 Å². The summed E-state index contributed by atoms with van der Waals surface area (Å²) in [5.41, 5.74) is -1.19. The molecule has 0 aliphatic rings. The third kappa shape index (κ3) is 2.50. The van der Waals surface area contributed by atoms with Gasteiger partial charge in [0.1, 0.15) is 17.3 Å². The van der Waals surface area contributed by atoms with Crippen LogP contribution in [0.4, 0.5) is 4.39 Å². The van der Waals surface area contributed by atoms with Crippen LogP contribution in [-0.2, 0) is 0 Å². The van der Waals surface area contributed by atoms with Gasteiger partial charge in [0.05, 0.1) is 5.69 Å². The summed E-state index contributed by atoms with van der Waals surface area (Å²) in [5, 5.41) is 18.3. The fourth-order valence-electron chi connectivity index (χ4n) is 1.62. The van der Waals surface area contributed by atoms with Crippen LogP contribution < -0.4 is 5.56 Å². The van der Waals surface area contributed by atoms with Crippen LogP contribution in [0, 0.1) is 5.82 Å². The summed E-state index contributed by atoms with van der Waals surface area (Å²) in [6, 6.07) is 5.31. The maximum atomic E-state index is 13.2. The Kier molecular flexibility index (Phi) is 3.39. The van der Waals surface area contributed by atoms with Crippen molar-refractivity contribution in [2.45, 2.75) is 0 Å². The lowest BCUT2D eigenvalue weighted by Crippen LogP contribution is -2.24. The largest absolute Gasteiger partial charge is 0.508 e. The zero-order valence-electron chi connectivity index (χ0n) is 9.30. The quantitative estimate of drug-likeness (QED) is 0.885. The Morgan fingerprint density at radius 1 is 1.26 bits per heavy atom. The van der Waals surface area contributed by atoms with Crippen molar-refractivity contribution in [3.8, 4) is 11.4 Å². The van der Waals surface area contributed by atoms with Crippen molar-refractivity contribution in [3.63, 3.8) is 0 Å². The minimum atomic E-state index is -1.41. The number of hydrogen-bond acceptors (Lipinski definition) is 3.